The summed E-state index contributed by atoms with van der Waals surface area (Å²) in [5.41, 5.74) is 7.00. The Kier molecular flexibility index (Phi) is 6.08. The summed E-state index contributed by atoms with van der Waals surface area (Å²) in [6, 6.07) is 14.2. The fourth-order valence-corrected chi connectivity index (χ4v) is 2.55. The van der Waals surface area contributed by atoms with Gasteiger partial charge in [0, 0.05) is 5.69 Å². The number of aromatic nitrogens is 3. The van der Waals surface area contributed by atoms with Gasteiger partial charge in [-0.2, -0.15) is 15.0 Å². The van der Waals surface area contributed by atoms with Crippen LogP contribution >= 0.6 is 0 Å². The summed E-state index contributed by atoms with van der Waals surface area (Å²) < 4.78 is 16.0. The lowest BCUT2D eigenvalue weighted by Gasteiger charge is -2.17. The Morgan fingerprint density at radius 3 is 2.48 bits per heavy atom. The molecule has 29 heavy (non-hydrogen) atoms. The van der Waals surface area contributed by atoms with E-state index in [0.717, 1.165) is 5.69 Å². The van der Waals surface area contributed by atoms with E-state index in [2.05, 4.69) is 20.3 Å². The molecule has 9 nitrogen and oxygen atoms in total. The van der Waals surface area contributed by atoms with Gasteiger partial charge in [0.15, 0.2) is 23.4 Å². The number of benzene rings is 2. The van der Waals surface area contributed by atoms with Gasteiger partial charge in [-0.1, -0.05) is 18.2 Å². The van der Waals surface area contributed by atoms with Gasteiger partial charge in [-0.25, -0.2) is 4.79 Å². The van der Waals surface area contributed by atoms with Gasteiger partial charge in [-0.15, -0.1) is 0 Å². The van der Waals surface area contributed by atoms with E-state index in [0.29, 0.717) is 28.8 Å². The van der Waals surface area contributed by atoms with Crippen LogP contribution in [0, 0.1) is 0 Å². The van der Waals surface area contributed by atoms with Crippen LogP contribution in [-0.4, -0.2) is 35.1 Å². The lowest BCUT2D eigenvalue weighted by Crippen LogP contribution is -2.13. The first-order valence-electron chi connectivity index (χ1n) is 8.76. The molecule has 3 rings (SSSR count). The topological polar surface area (TPSA) is 121 Å². The first-order chi connectivity index (χ1) is 14.0. The minimum Gasteiger partial charge on any atom is -0.493 e. The first-order valence-corrected chi connectivity index (χ1v) is 8.76. The molecule has 1 aromatic heterocycles. The van der Waals surface area contributed by atoms with Gasteiger partial charge in [0.25, 0.3) is 0 Å². The number of anilines is 3. The van der Waals surface area contributed by atoms with E-state index in [4.69, 9.17) is 19.9 Å². The molecule has 0 spiro atoms. The largest absolute Gasteiger partial charge is 0.493 e. The van der Waals surface area contributed by atoms with Crippen LogP contribution in [0.3, 0.4) is 0 Å². The number of esters is 1. The number of nitrogen functional groups attached to an aromatic ring is 1. The van der Waals surface area contributed by atoms with E-state index < -0.39 is 12.1 Å². The van der Waals surface area contributed by atoms with Crippen LogP contribution in [0.15, 0.2) is 48.5 Å². The number of nitrogens with zero attached hydrogens (tertiary/aromatic N) is 3. The number of ether oxygens (including phenoxy) is 3. The summed E-state index contributed by atoms with van der Waals surface area (Å²) >= 11 is 0. The normalized spacial score (nSPS) is 11.4. The summed E-state index contributed by atoms with van der Waals surface area (Å²) in [6.07, 6.45) is -0.561. The van der Waals surface area contributed by atoms with Gasteiger partial charge < -0.3 is 25.3 Å². The smallest absolute Gasteiger partial charge is 0.337 e. The zero-order valence-corrected chi connectivity index (χ0v) is 16.2. The predicted octanol–water partition coefficient (Wildman–Crippen LogP) is 3.13. The van der Waals surface area contributed by atoms with E-state index in [1.165, 1.54) is 20.3 Å². The van der Waals surface area contributed by atoms with Crippen molar-refractivity contribution in [2.24, 2.45) is 0 Å². The molecule has 0 bridgehead atoms. The lowest BCUT2D eigenvalue weighted by molar-refractivity contribution is 0.0600. The average Bonchev–Trinajstić information content (AvgIpc) is 2.73. The lowest BCUT2D eigenvalue weighted by atomic mass is 10.2. The van der Waals surface area contributed by atoms with Crippen LogP contribution in [0.1, 0.15) is 29.2 Å². The number of methoxy groups -OCH3 is 2. The third-order valence-corrected chi connectivity index (χ3v) is 3.95. The number of hydrogen-bond acceptors (Lipinski definition) is 9. The van der Waals surface area contributed by atoms with Crippen molar-refractivity contribution in [3.63, 3.8) is 0 Å². The Balaban J connectivity index is 1.82. The molecule has 0 aliphatic heterocycles. The van der Waals surface area contributed by atoms with Crippen molar-refractivity contribution < 1.29 is 19.0 Å². The van der Waals surface area contributed by atoms with Crippen LogP contribution in [0.5, 0.6) is 11.5 Å². The molecule has 9 heteroatoms. The molecule has 0 aliphatic carbocycles. The molecule has 1 atom stereocenters. The molecule has 0 saturated heterocycles. The van der Waals surface area contributed by atoms with E-state index >= 15 is 0 Å². The maximum absolute atomic E-state index is 11.7. The SMILES string of the molecule is COC(=O)c1ccc(O[C@H](C)c2nc(N)nc(Nc3ccccc3)n2)c(OC)c1. The van der Waals surface area contributed by atoms with Gasteiger partial charge in [0.2, 0.25) is 11.9 Å². The highest BCUT2D eigenvalue weighted by Crippen LogP contribution is 2.32. The van der Waals surface area contributed by atoms with Crippen LogP contribution in [-0.2, 0) is 4.74 Å². The first kappa shape index (κ1) is 19.9. The second-order valence-corrected chi connectivity index (χ2v) is 5.98. The zero-order chi connectivity index (χ0) is 20.8. The van der Waals surface area contributed by atoms with Crippen molar-refractivity contribution >= 4 is 23.6 Å². The highest BCUT2D eigenvalue weighted by Gasteiger charge is 2.18. The summed E-state index contributed by atoms with van der Waals surface area (Å²) in [6.45, 7) is 1.77. The second kappa shape index (κ2) is 8.87. The maximum atomic E-state index is 11.7. The number of nitrogens with one attached hydrogen (secondary N) is 1. The molecule has 0 amide bonds. The fraction of sp³-hybridized carbons (Fsp3) is 0.200. The van der Waals surface area contributed by atoms with E-state index in [1.54, 1.807) is 19.1 Å². The molecule has 3 N–H and O–H groups in total. The summed E-state index contributed by atoms with van der Waals surface area (Å²) in [4.78, 5) is 24.3. The Hall–Kier alpha value is -3.88. The molecule has 2 aromatic carbocycles. The van der Waals surface area contributed by atoms with Crippen LogP contribution in [0.4, 0.5) is 17.6 Å². The number of carbonyl (C=O) groups excluding carboxylic acids is 1. The molecule has 3 aromatic rings. The number of nitrogens with two attached hydrogens (primary N) is 1. The molecule has 0 fully saturated rings. The highest BCUT2D eigenvalue weighted by atomic mass is 16.5. The molecule has 0 unspecified atom stereocenters. The van der Waals surface area contributed by atoms with Crippen molar-refractivity contribution in [3.05, 3.63) is 59.9 Å². The van der Waals surface area contributed by atoms with Crippen molar-refractivity contribution in [3.8, 4) is 11.5 Å². The quantitative estimate of drug-likeness (QED) is 0.581. The molecule has 0 saturated carbocycles. The van der Waals surface area contributed by atoms with E-state index in [-0.39, 0.29) is 5.95 Å². The van der Waals surface area contributed by atoms with Crippen molar-refractivity contribution in [1.82, 2.24) is 15.0 Å². The molecule has 0 aliphatic rings. The standard InChI is InChI=1S/C20H21N5O4/c1-12(29-15-10-9-13(18(26)28-3)11-16(15)27-2)17-23-19(21)25-20(24-17)22-14-7-5-4-6-8-14/h4-12H,1-3H3,(H3,21,22,23,24,25)/t12-/m1/s1. The van der Waals surface area contributed by atoms with Gasteiger partial charge >= 0.3 is 5.97 Å². The number of carbonyl (C=O) groups is 1. The average molecular weight is 395 g/mol. The third kappa shape index (κ3) is 4.89. The third-order valence-electron chi connectivity index (χ3n) is 3.95. The van der Waals surface area contributed by atoms with Gasteiger partial charge in [-0.3, -0.25) is 0 Å². The minimum atomic E-state index is -0.561. The van der Waals surface area contributed by atoms with E-state index in [9.17, 15) is 4.79 Å². The number of hydrogen-bond donors (Lipinski definition) is 2. The fourth-order valence-electron chi connectivity index (χ4n) is 2.55. The van der Waals surface area contributed by atoms with Crippen molar-refractivity contribution in [2.75, 3.05) is 25.3 Å². The maximum Gasteiger partial charge on any atom is 0.337 e. The Bertz CT molecular complexity index is 997. The Morgan fingerprint density at radius 1 is 1.03 bits per heavy atom. The van der Waals surface area contributed by atoms with Crippen molar-refractivity contribution in [1.29, 1.82) is 0 Å². The molecule has 1 heterocycles. The van der Waals surface area contributed by atoms with Gasteiger partial charge in [-0.05, 0) is 37.3 Å². The van der Waals surface area contributed by atoms with Crippen LogP contribution in [0.25, 0.3) is 0 Å². The number of para-hydroxylation sites is 1. The van der Waals surface area contributed by atoms with Gasteiger partial charge in [0.1, 0.15) is 0 Å². The van der Waals surface area contributed by atoms with Crippen molar-refractivity contribution in [2.45, 2.75) is 13.0 Å². The molecule has 150 valence electrons. The molecule has 0 radical (unpaired) electrons. The molecular formula is C20H21N5O4. The van der Waals surface area contributed by atoms with Gasteiger partial charge in [0.05, 0.1) is 19.8 Å². The summed E-state index contributed by atoms with van der Waals surface area (Å²) in [5.74, 6) is 1.05. The Morgan fingerprint density at radius 2 is 1.79 bits per heavy atom. The number of rotatable bonds is 7. The zero-order valence-electron chi connectivity index (χ0n) is 16.2. The van der Waals surface area contributed by atoms with Crippen LogP contribution in [0.2, 0.25) is 0 Å². The Labute approximate surface area is 167 Å². The molecular weight excluding hydrogens is 374 g/mol. The minimum absolute atomic E-state index is 0.0666. The predicted molar refractivity (Wildman–Crippen MR) is 107 cm³/mol. The van der Waals surface area contributed by atoms with E-state index in [1.807, 2.05) is 30.3 Å². The highest BCUT2D eigenvalue weighted by molar-refractivity contribution is 5.90. The van der Waals surface area contributed by atoms with Crippen LogP contribution < -0.4 is 20.5 Å². The summed E-state index contributed by atoms with van der Waals surface area (Å²) in [7, 11) is 2.80. The second-order valence-electron chi connectivity index (χ2n) is 5.98. The summed E-state index contributed by atoms with van der Waals surface area (Å²) in [5, 5.41) is 3.08. The monoisotopic (exact) mass is 395 g/mol.